The van der Waals surface area contributed by atoms with Gasteiger partial charge in [0.15, 0.2) is 0 Å². The molecule has 2 aromatic rings. The topological polar surface area (TPSA) is 49.6 Å². The standard InChI is InChI=1S/C17H21N3O/c1-2-19-9-11-20(12-10-19)17(21)15-7-8-16(18)14-6-4-3-5-13(14)15/h3-8H,2,9-12,18H2,1H3. The van der Waals surface area contributed by atoms with Gasteiger partial charge >= 0.3 is 0 Å². The number of hydrogen-bond donors (Lipinski definition) is 1. The van der Waals surface area contributed by atoms with Crippen LogP contribution in [0.5, 0.6) is 0 Å². The van der Waals surface area contributed by atoms with Gasteiger partial charge in [0.2, 0.25) is 0 Å². The van der Waals surface area contributed by atoms with Crippen LogP contribution < -0.4 is 5.73 Å². The van der Waals surface area contributed by atoms with Gasteiger partial charge in [-0.1, -0.05) is 31.2 Å². The summed E-state index contributed by atoms with van der Waals surface area (Å²) in [7, 11) is 0. The average molecular weight is 283 g/mol. The number of fused-ring (bicyclic) bond motifs is 1. The van der Waals surface area contributed by atoms with Crippen LogP contribution in [0.1, 0.15) is 17.3 Å². The van der Waals surface area contributed by atoms with Gasteiger partial charge in [0.05, 0.1) is 0 Å². The zero-order valence-corrected chi connectivity index (χ0v) is 12.4. The summed E-state index contributed by atoms with van der Waals surface area (Å²) in [5.74, 6) is 0.113. The summed E-state index contributed by atoms with van der Waals surface area (Å²) in [5, 5.41) is 1.90. The van der Waals surface area contributed by atoms with Crippen molar-refractivity contribution in [3.05, 3.63) is 42.0 Å². The molecule has 110 valence electrons. The second-order valence-electron chi connectivity index (χ2n) is 5.47. The van der Waals surface area contributed by atoms with E-state index >= 15 is 0 Å². The normalized spacial score (nSPS) is 16.3. The summed E-state index contributed by atoms with van der Waals surface area (Å²) in [6.07, 6.45) is 0. The fourth-order valence-corrected chi connectivity index (χ4v) is 2.95. The van der Waals surface area contributed by atoms with Gasteiger partial charge in [-0.15, -0.1) is 0 Å². The molecule has 1 aliphatic rings. The number of anilines is 1. The smallest absolute Gasteiger partial charge is 0.254 e. The maximum absolute atomic E-state index is 12.8. The predicted molar refractivity (Wildman–Crippen MR) is 86.4 cm³/mol. The minimum atomic E-state index is 0.113. The van der Waals surface area contributed by atoms with Crippen LogP contribution in [0, 0.1) is 0 Å². The molecule has 1 fully saturated rings. The van der Waals surface area contributed by atoms with Crippen LogP contribution in [0.25, 0.3) is 10.8 Å². The number of piperazine rings is 1. The van der Waals surface area contributed by atoms with Gasteiger partial charge in [0.1, 0.15) is 0 Å². The largest absolute Gasteiger partial charge is 0.398 e. The monoisotopic (exact) mass is 283 g/mol. The number of nitrogens with two attached hydrogens (primary N) is 1. The van der Waals surface area contributed by atoms with E-state index in [1.807, 2.05) is 41.3 Å². The Kier molecular flexibility index (Phi) is 3.80. The van der Waals surface area contributed by atoms with Gasteiger partial charge in [-0.05, 0) is 24.1 Å². The Hall–Kier alpha value is -2.07. The van der Waals surface area contributed by atoms with Gasteiger partial charge in [-0.3, -0.25) is 4.79 Å². The summed E-state index contributed by atoms with van der Waals surface area (Å²) in [5.41, 5.74) is 7.48. The Balaban J connectivity index is 1.90. The molecule has 0 bridgehead atoms. The first kappa shape index (κ1) is 13.9. The Labute approximate surface area is 125 Å². The van der Waals surface area contributed by atoms with Crippen LogP contribution in [0.15, 0.2) is 36.4 Å². The maximum atomic E-state index is 12.8. The number of nitrogens with zero attached hydrogens (tertiary/aromatic N) is 2. The molecule has 0 unspecified atom stereocenters. The summed E-state index contributed by atoms with van der Waals surface area (Å²) >= 11 is 0. The van der Waals surface area contributed by atoms with E-state index in [1.54, 1.807) is 0 Å². The number of benzene rings is 2. The van der Waals surface area contributed by atoms with Crippen LogP contribution in [-0.2, 0) is 0 Å². The van der Waals surface area contributed by atoms with Crippen LogP contribution in [0.3, 0.4) is 0 Å². The molecular weight excluding hydrogens is 262 g/mol. The van der Waals surface area contributed by atoms with Crippen LogP contribution in [0.4, 0.5) is 5.69 Å². The van der Waals surface area contributed by atoms with Crippen molar-refractivity contribution in [1.82, 2.24) is 9.80 Å². The molecule has 0 atom stereocenters. The van der Waals surface area contributed by atoms with Crippen LogP contribution >= 0.6 is 0 Å². The van der Waals surface area contributed by atoms with E-state index in [4.69, 9.17) is 5.73 Å². The maximum Gasteiger partial charge on any atom is 0.254 e. The first-order valence-electron chi connectivity index (χ1n) is 7.49. The van der Waals surface area contributed by atoms with Crippen molar-refractivity contribution in [2.75, 3.05) is 38.5 Å². The molecule has 0 spiro atoms. The summed E-state index contributed by atoms with van der Waals surface area (Å²) in [6, 6.07) is 11.5. The van der Waals surface area contributed by atoms with E-state index in [0.717, 1.165) is 54.7 Å². The molecule has 21 heavy (non-hydrogen) atoms. The lowest BCUT2D eigenvalue weighted by atomic mass is 10.0. The zero-order valence-electron chi connectivity index (χ0n) is 12.4. The minimum Gasteiger partial charge on any atom is -0.398 e. The molecular formula is C17H21N3O. The highest BCUT2D eigenvalue weighted by atomic mass is 16.2. The van der Waals surface area contributed by atoms with E-state index in [2.05, 4.69) is 11.8 Å². The number of likely N-dealkylation sites (N-methyl/N-ethyl adjacent to an activating group) is 1. The van der Waals surface area contributed by atoms with Crippen molar-refractivity contribution in [3.63, 3.8) is 0 Å². The molecule has 1 amide bonds. The Morgan fingerprint density at radius 3 is 2.38 bits per heavy atom. The first-order valence-corrected chi connectivity index (χ1v) is 7.49. The highest BCUT2D eigenvalue weighted by Crippen LogP contribution is 2.25. The fraction of sp³-hybridized carbons (Fsp3) is 0.353. The van der Waals surface area contributed by atoms with E-state index in [-0.39, 0.29) is 5.91 Å². The van der Waals surface area contributed by atoms with Gasteiger partial charge < -0.3 is 15.5 Å². The molecule has 4 heteroatoms. The van der Waals surface area contributed by atoms with E-state index in [0.29, 0.717) is 0 Å². The molecule has 0 aromatic heterocycles. The Bertz CT molecular complexity index is 660. The molecule has 4 nitrogen and oxygen atoms in total. The molecule has 1 saturated heterocycles. The molecule has 2 N–H and O–H groups in total. The second kappa shape index (κ2) is 5.74. The van der Waals surface area contributed by atoms with Crippen LogP contribution in [-0.4, -0.2) is 48.4 Å². The first-order chi connectivity index (χ1) is 10.2. The van der Waals surface area contributed by atoms with Gasteiger partial charge in [0.25, 0.3) is 5.91 Å². The van der Waals surface area contributed by atoms with Crippen LogP contribution in [0.2, 0.25) is 0 Å². The summed E-state index contributed by atoms with van der Waals surface area (Å²) < 4.78 is 0. The molecule has 2 aromatic carbocycles. The van der Waals surface area contributed by atoms with Gasteiger partial charge in [-0.25, -0.2) is 0 Å². The van der Waals surface area contributed by atoms with Crippen molar-refractivity contribution < 1.29 is 4.79 Å². The number of nitrogen functional groups attached to an aromatic ring is 1. The summed E-state index contributed by atoms with van der Waals surface area (Å²) in [4.78, 5) is 17.1. The van der Waals surface area contributed by atoms with Crippen molar-refractivity contribution in [3.8, 4) is 0 Å². The molecule has 0 aliphatic carbocycles. The second-order valence-corrected chi connectivity index (χ2v) is 5.47. The molecule has 1 aliphatic heterocycles. The lowest BCUT2D eigenvalue weighted by Crippen LogP contribution is -2.48. The predicted octanol–water partition coefficient (Wildman–Crippen LogP) is 2.20. The third-order valence-electron chi connectivity index (χ3n) is 4.29. The SMILES string of the molecule is CCN1CCN(C(=O)c2ccc(N)c3ccccc23)CC1. The number of rotatable bonds is 2. The third kappa shape index (κ3) is 2.59. The highest BCUT2D eigenvalue weighted by Gasteiger charge is 2.22. The Morgan fingerprint density at radius 1 is 1.05 bits per heavy atom. The number of hydrogen-bond acceptors (Lipinski definition) is 3. The average Bonchev–Trinajstić information content (AvgIpc) is 2.55. The third-order valence-corrected chi connectivity index (χ3v) is 4.29. The molecule has 0 saturated carbocycles. The van der Waals surface area contributed by atoms with E-state index < -0.39 is 0 Å². The highest BCUT2D eigenvalue weighted by molar-refractivity contribution is 6.10. The number of amides is 1. The lowest BCUT2D eigenvalue weighted by molar-refractivity contribution is 0.0645. The fourth-order valence-electron chi connectivity index (χ4n) is 2.95. The Morgan fingerprint density at radius 2 is 1.71 bits per heavy atom. The molecule has 3 rings (SSSR count). The van der Waals surface area contributed by atoms with E-state index in [9.17, 15) is 4.79 Å². The van der Waals surface area contributed by atoms with Crippen molar-refractivity contribution in [1.29, 1.82) is 0 Å². The van der Waals surface area contributed by atoms with Gasteiger partial charge in [-0.2, -0.15) is 0 Å². The van der Waals surface area contributed by atoms with Crippen molar-refractivity contribution in [2.24, 2.45) is 0 Å². The van der Waals surface area contributed by atoms with Crippen molar-refractivity contribution in [2.45, 2.75) is 6.92 Å². The minimum absolute atomic E-state index is 0.113. The quantitative estimate of drug-likeness (QED) is 0.860. The van der Waals surface area contributed by atoms with E-state index in [1.165, 1.54) is 0 Å². The molecule has 1 heterocycles. The zero-order chi connectivity index (χ0) is 14.8. The van der Waals surface area contributed by atoms with Gasteiger partial charge in [0, 0.05) is 42.8 Å². The number of carbonyl (C=O) groups is 1. The lowest BCUT2D eigenvalue weighted by Gasteiger charge is -2.34. The molecule has 0 radical (unpaired) electrons. The van der Waals surface area contributed by atoms with Crippen molar-refractivity contribution >= 4 is 22.4 Å². The summed E-state index contributed by atoms with van der Waals surface area (Å²) in [6.45, 7) is 6.71. The number of carbonyl (C=O) groups excluding carboxylic acids is 1.